The van der Waals surface area contributed by atoms with Gasteiger partial charge in [0, 0.05) is 4.91 Å². The minimum atomic E-state index is -4.52. The molecule has 0 spiro atoms. The van der Waals surface area contributed by atoms with Gasteiger partial charge in [0.2, 0.25) is 5.91 Å². The Labute approximate surface area is 90.4 Å². The van der Waals surface area contributed by atoms with Gasteiger partial charge in [-0.3, -0.25) is 13.9 Å². The fraction of sp³-hybridized carbons (Fsp3) is 0.800. The predicted molar refractivity (Wildman–Crippen MR) is 48.8 cm³/mol. The van der Waals surface area contributed by atoms with Crippen LogP contribution in [0.4, 0.5) is 0 Å². The minimum absolute atomic E-state index is 0.423. The Kier molecular flexibility index (Phi) is 7.48. The summed E-state index contributed by atoms with van der Waals surface area (Å²) in [7, 11) is -4.52. The molecule has 0 fully saturated rings. The molecule has 0 aromatic rings. The average Bonchev–Trinajstić information content (AvgIpc) is 2.23. The van der Waals surface area contributed by atoms with Crippen LogP contribution in [0.5, 0.6) is 0 Å². The molecule has 16 heavy (non-hydrogen) atoms. The van der Waals surface area contributed by atoms with Gasteiger partial charge >= 0.3 is 0 Å². The van der Waals surface area contributed by atoms with Gasteiger partial charge in [-0.25, -0.2) is 0 Å². The number of hydrogen-bond donors (Lipinski definition) is 2. The maximum absolute atomic E-state index is 10.8. The molecular weight excluding hydrogens is 243 g/mol. The van der Waals surface area contributed by atoms with Crippen LogP contribution in [0, 0.1) is 0 Å². The molecule has 0 aromatic carbocycles. The first kappa shape index (κ1) is 14.8. The van der Waals surface area contributed by atoms with Gasteiger partial charge in [-0.15, -0.1) is 0 Å². The molecule has 92 valence electrons. The minimum Gasteiger partial charge on any atom is -0.756 e. The quantitative estimate of drug-likeness (QED) is 0.183. The molecule has 0 radical (unpaired) electrons. The van der Waals surface area contributed by atoms with E-state index in [9.17, 15) is 14.3 Å². The van der Waals surface area contributed by atoms with Gasteiger partial charge in [0.1, 0.15) is 13.3 Å². The zero-order valence-corrected chi connectivity index (χ0v) is 9.00. The van der Waals surface area contributed by atoms with Crippen molar-refractivity contribution in [3.05, 3.63) is 10.4 Å². The van der Waals surface area contributed by atoms with Gasteiger partial charge in [0.15, 0.2) is 0 Å². The van der Waals surface area contributed by atoms with Crippen LogP contribution in [0.2, 0.25) is 0 Å². The van der Waals surface area contributed by atoms with Gasteiger partial charge in [0.25, 0.3) is 7.82 Å². The van der Waals surface area contributed by atoms with E-state index in [2.05, 4.69) is 19.1 Å². The number of nitrogens with one attached hydrogen (secondary N) is 1. The van der Waals surface area contributed by atoms with Crippen LogP contribution in [0.15, 0.2) is 5.11 Å². The summed E-state index contributed by atoms with van der Waals surface area (Å²) in [6.45, 7) is -1.99. The van der Waals surface area contributed by atoms with Crippen molar-refractivity contribution in [1.29, 1.82) is 0 Å². The first-order valence-corrected chi connectivity index (χ1v) is 5.46. The largest absolute Gasteiger partial charge is 0.756 e. The van der Waals surface area contributed by atoms with Crippen molar-refractivity contribution in [2.24, 2.45) is 5.11 Å². The number of phosphoric acid groups is 1. The number of aliphatic hydroxyl groups excluding tert-OH is 1. The highest BCUT2D eigenvalue weighted by atomic mass is 31.2. The second kappa shape index (κ2) is 8.05. The Hall–Kier alpha value is -1.15. The molecule has 0 aliphatic heterocycles. The van der Waals surface area contributed by atoms with Gasteiger partial charge < -0.3 is 19.8 Å². The lowest BCUT2D eigenvalue weighted by atomic mass is 10.6. The number of phosphoric ester groups is 1. The van der Waals surface area contributed by atoms with Crippen LogP contribution >= 0.6 is 7.82 Å². The molecule has 1 amide bonds. The number of carbonyl (C=O) groups is 1. The van der Waals surface area contributed by atoms with Crippen molar-refractivity contribution in [2.45, 2.75) is 0 Å². The van der Waals surface area contributed by atoms with Crippen molar-refractivity contribution in [1.82, 2.24) is 5.32 Å². The number of carbonyl (C=O) groups excluding carboxylic acids is 1. The van der Waals surface area contributed by atoms with E-state index < -0.39 is 40.2 Å². The highest BCUT2D eigenvalue weighted by molar-refractivity contribution is 7.45. The molecule has 0 heterocycles. The summed E-state index contributed by atoms with van der Waals surface area (Å²) < 4.78 is 19.1. The third kappa shape index (κ3) is 8.18. The highest BCUT2D eigenvalue weighted by Gasteiger charge is 2.09. The molecule has 0 saturated carbocycles. The molecule has 1 atom stereocenters. The Morgan fingerprint density at radius 2 is 2.31 bits per heavy atom. The Balaban J connectivity index is 3.75. The molecule has 0 bridgehead atoms. The molecule has 0 aromatic heterocycles. The van der Waals surface area contributed by atoms with E-state index in [1.165, 1.54) is 0 Å². The Morgan fingerprint density at radius 1 is 1.62 bits per heavy atom. The molecule has 1 unspecified atom stereocenters. The first-order chi connectivity index (χ1) is 7.52. The van der Waals surface area contributed by atoms with Gasteiger partial charge in [-0.1, -0.05) is 5.11 Å². The highest BCUT2D eigenvalue weighted by Crippen LogP contribution is 2.37. The zero-order valence-electron chi connectivity index (χ0n) is 8.11. The van der Waals surface area contributed by atoms with Crippen molar-refractivity contribution in [2.75, 3.05) is 26.5 Å². The summed E-state index contributed by atoms with van der Waals surface area (Å²) in [5.74, 6) is -0.694. The predicted octanol–water partition coefficient (Wildman–Crippen LogP) is -1.14. The maximum Gasteiger partial charge on any atom is 0.269 e. The molecule has 11 heteroatoms. The molecular formula is C5H10N4O6P-. The number of hydrogen-bond acceptors (Lipinski definition) is 7. The summed E-state index contributed by atoms with van der Waals surface area (Å²) in [4.78, 5) is 23.9. The lowest BCUT2D eigenvalue weighted by Crippen LogP contribution is -2.28. The SMILES string of the molecule is [N-]=[N+]=NCC(=O)NCOP(=O)([O-])OCCO. The molecule has 2 N–H and O–H groups in total. The normalized spacial score (nSPS) is 13.6. The second-order valence-electron chi connectivity index (χ2n) is 2.27. The van der Waals surface area contributed by atoms with E-state index in [0.717, 1.165) is 0 Å². The zero-order chi connectivity index (χ0) is 12.4. The van der Waals surface area contributed by atoms with Crippen LogP contribution in [0.25, 0.3) is 10.4 Å². The summed E-state index contributed by atoms with van der Waals surface area (Å²) in [5.41, 5.74) is 7.88. The Morgan fingerprint density at radius 3 is 2.88 bits per heavy atom. The lowest BCUT2D eigenvalue weighted by molar-refractivity contribution is -0.226. The number of rotatable bonds is 8. The lowest BCUT2D eigenvalue weighted by Gasteiger charge is -2.21. The summed E-state index contributed by atoms with van der Waals surface area (Å²) in [6, 6.07) is 0. The molecule has 0 rings (SSSR count). The monoisotopic (exact) mass is 253 g/mol. The number of azide groups is 1. The standard InChI is InChI=1S/C5H11N4O6P/c6-9-8-3-5(11)7-4-15-16(12,13)14-2-1-10/h10H,1-4H2,(H,7,11)(H,12,13)/p-1. The van der Waals surface area contributed by atoms with E-state index in [0.29, 0.717) is 0 Å². The fourth-order valence-electron chi connectivity index (χ4n) is 0.533. The van der Waals surface area contributed by atoms with Crippen molar-refractivity contribution >= 4 is 13.7 Å². The number of nitrogens with zero attached hydrogens (tertiary/aromatic N) is 3. The maximum atomic E-state index is 10.8. The number of aliphatic hydroxyl groups is 1. The first-order valence-electron chi connectivity index (χ1n) is 4.00. The smallest absolute Gasteiger partial charge is 0.269 e. The average molecular weight is 253 g/mol. The van der Waals surface area contributed by atoms with E-state index >= 15 is 0 Å². The number of amides is 1. The van der Waals surface area contributed by atoms with E-state index in [1.807, 2.05) is 5.32 Å². The van der Waals surface area contributed by atoms with E-state index in [4.69, 9.17) is 10.6 Å². The van der Waals surface area contributed by atoms with Crippen molar-refractivity contribution in [3.63, 3.8) is 0 Å². The van der Waals surface area contributed by atoms with Crippen LogP contribution in [-0.4, -0.2) is 37.5 Å². The van der Waals surface area contributed by atoms with E-state index in [-0.39, 0.29) is 0 Å². The van der Waals surface area contributed by atoms with Gasteiger partial charge in [-0.2, -0.15) is 0 Å². The van der Waals surface area contributed by atoms with Gasteiger partial charge in [0.05, 0.1) is 13.2 Å². The summed E-state index contributed by atoms with van der Waals surface area (Å²) >= 11 is 0. The molecule has 0 aliphatic carbocycles. The fourth-order valence-corrected chi connectivity index (χ4v) is 1.14. The summed E-state index contributed by atoms with van der Waals surface area (Å²) in [5, 5.41) is 13.2. The Bertz CT molecular complexity index is 316. The third-order valence-electron chi connectivity index (χ3n) is 1.11. The van der Waals surface area contributed by atoms with Crippen LogP contribution < -0.4 is 10.2 Å². The molecule has 0 aliphatic rings. The van der Waals surface area contributed by atoms with Crippen LogP contribution in [0.1, 0.15) is 0 Å². The topological polar surface area (TPSA) is 157 Å². The van der Waals surface area contributed by atoms with Crippen molar-refractivity contribution < 1.29 is 28.4 Å². The van der Waals surface area contributed by atoms with E-state index in [1.54, 1.807) is 0 Å². The second-order valence-corrected chi connectivity index (χ2v) is 3.68. The van der Waals surface area contributed by atoms with Crippen LogP contribution in [-0.2, 0) is 18.4 Å². The van der Waals surface area contributed by atoms with Crippen LogP contribution in [0.3, 0.4) is 0 Å². The summed E-state index contributed by atoms with van der Waals surface area (Å²) in [6.07, 6.45) is 0. The molecule has 10 nitrogen and oxygen atoms in total. The molecule has 0 saturated heterocycles. The third-order valence-corrected chi connectivity index (χ3v) is 2.05. The van der Waals surface area contributed by atoms with Gasteiger partial charge in [-0.05, 0) is 5.53 Å². The van der Waals surface area contributed by atoms with Crippen molar-refractivity contribution in [3.8, 4) is 0 Å².